The minimum atomic E-state index is -0.319. The van der Waals surface area contributed by atoms with Crippen LogP contribution in [0, 0.1) is 0 Å². The fourth-order valence-electron chi connectivity index (χ4n) is 2.34. The van der Waals surface area contributed by atoms with E-state index in [0.29, 0.717) is 27.8 Å². The molecule has 0 bridgehead atoms. The van der Waals surface area contributed by atoms with E-state index in [-0.39, 0.29) is 17.6 Å². The van der Waals surface area contributed by atoms with Gasteiger partial charge in [0, 0.05) is 18.1 Å². The Labute approximate surface area is 166 Å². The average Bonchev–Trinajstić information content (AvgIpc) is 2.74. The van der Waals surface area contributed by atoms with Gasteiger partial charge in [-0.3, -0.25) is 9.59 Å². The molecule has 0 spiro atoms. The summed E-state index contributed by atoms with van der Waals surface area (Å²) >= 11 is 1.22. The van der Waals surface area contributed by atoms with Crippen LogP contribution in [0.25, 0.3) is 0 Å². The lowest BCUT2D eigenvalue weighted by molar-refractivity contribution is -0.113. The van der Waals surface area contributed by atoms with Crippen molar-refractivity contribution in [3.63, 3.8) is 0 Å². The summed E-state index contributed by atoms with van der Waals surface area (Å²) in [5.74, 6) is 0.270. The van der Waals surface area contributed by atoms with Crippen LogP contribution in [0.15, 0.2) is 72.1 Å². The molecule has 0 aliphatic carbocycles. The summed E-state index contributed by atoms with van der Waals surface area (Å²) in [6.07, 6.45) is 3.23. The molecular formula is C20H18N4O3S. The molecule has 3 rings (SSSR count). The van der Waals surface area contributed by atoms with E-state index in [4.69, 9.17) is 4.74 Å². The maximum absolute atomic E-state index is 12.6. The molecule has 0 fully saturated rings. The first-order valence-electron chi connectivity index (χ1n) is 8.40. The van der Waals surface area contributed by atoms with E-state index in [1.807, 2.05) is 0 Å². The maximum atomic E-state index is 12.6. The Morgan fingerprint density at radius 1 is 0.964 bits per heavy atom. The van der Waals surface area contributed by atoms with Crippen LogP contribution in [0.3, 0.4) is 0 Å². The average molecular weight is 394 g/mol. The number of anilines is 2. The topological polar surface area (TPSA) is 93.2 Å². The van der Waals surface area contributed by atoms with Crippen molar-refractivity contribution in [1.82, 2.24) is 9.97 Å². The number of rotatable bonds is 7. The van der Waals surface area contributed by atoms with Crippen molar-refractivity contribution in [3.05, 3.63) is 72.6 Å². The number of benzene rings is 2. The summed E-state index contributed by atoms with van der Waals surface area (Å²) in [7, 11) is 1.58. The molecule has 0 saturated carbocycles. The van der Waals surface area contributed by atoms with Gasteiger partial charge in [-0.15, -0.1) is 0 Å². The Morgan fingerprint density at radius 2 is 1.68 bits per heavy atom. The van der Waals surface area contributed by atoms with Crippen molar-refractivity contribution in [2.45, 2.75) is 5.16 Å². The molecule has 0 saturated heterocycles. The first kappa shape index (κ1) is 19.4. The van der Waals surface area contributed by atoms with Crippen LogP contribution in [0.1, 0.15) is 10.4 Å². The summed E-state index contributed by atoms with van der Waals surface area (Å²) in [4.78, 5) is 33.0. The summed E-state index contributed by atoms with van der Waals surface area (Å²) in [5, 5.41) is 6.10. The zero-order valence-electron chi connectivity index (χ0n) is 15.1. The predicted octanol–water partition coefficient (Wildman–Crippen LogP) is 3.47. The van der Waals surface area contributed by atoms with Crippen LogP contribution >= 0.6 is 11.8 Å². The smallest absolute Gasteiger partial charge is 0.257 e. The Bertz CT molecular complexity index is 949. The van der Waals surface area contributed by atoms with E-state index >= 15 is 0 Å². The number of carbonyl (C=O) groups is 2. The molecule has 2 N–H and O–H groups in total. The fraction of sp³-hybridized carbons (Fsp3) is 0.100. The Hall–Kier alpha value is -3.39. The molecule has 28 heavy (non-hydrogen) atoms. The number of ether oxygens (including phenoxy) is 1. The molecule has 0 aliphatic rings. The number of nitrogens with one attached hydrogen (secondary N) is 2. The van der Waals surface area contributed by atoms with Gasteiger partial charge in [0.05, 0.1) is 24.1 Å². The van der Waals surface area contributed by atoms with Crippen molar-refractivity contribution in [2.24, 2.45) is 0 Å². The van der Waals surface area contributed by atoms with Gasteiger partial charge in [-0.1, -0.05) is 23.9 Å². The number of amides is 2. The van der Waals surface area contributed by atoms with Crippen molar-refractivity contribution in [3.8, 4) is 5.75 Å². The highest BCUT2D eigenvalue weighted by Crippen LogP contribution is 2.20. The molecule has 3 aromatic rings. The number of methoxy groups -OCH3 is 1. The highest BCUT2D eigenvalue weighted by molar-refractivity contribution is 7.99. The highest BCUT2D eigenvalue weighted by atomic mass is 32.2. The molecule has 1 aromatic heterocycles. The minimum absolute atomic E-state index is 0.137. The molecule has 2 aromatic carbocycles. The maximum Gasteiger partial charge on any atom is 0.257 e. The molecule has 0 atom stereocenters. The predicted molar refractivity (Wildman–Crippen MR) is 109 cm³/mol. The minimum Gasteiger partial charge on any atom is -0.497 e. The van der Waals surface area contributed by atoms with Crippen LogP contribution < -0.4 is 15.4 Å². The largest absolute Gasteiger partial charge is 0.497 e. The second-order valence-electron chi connectivity index (χ2n) is 5.60. The lowest BCUT2D eigenvalue weighted by atomic mass is 10.1. The number of hydrogen-bond donors (Lipinski definition) is 2. The molecule has 0 unspecified atom stereocenters. The first-order chi connectivity index (χ1) is 13.7. The number of nitrogens with zero attached hydrogens (tertiary/aromatic N) is 2. The molecule has 7 nitrogen and oxygen atoms in total. The SMILES string of the molecule is COc1ccc(NC(=O)c2ccccc2NC(=O)CSc2ncccn2)cc1. The van der Waals surface area contributed by atoms with Crippen LogP contribution in [0.5, 0.6) is 5.75 Å². The lowest BCUT2D eigenvalue weighted by Crippen LogP contribution is -2.19. The van der Waals surface area contributed by atoms with Gasteiger partial charge in [-0.05, 0) is 42.5 Å². The van der Waals surface area contributed by atoms with Crippen molar-refractivity contribution in [2.75, 3.05) is 23.5 Å². The van der Waals surface area contributed by atoms with Crippen LogP contribution in [-0.2, 0) is 4.79 Å². The van der Waals surface area contributed by atoms with Gasteiger partial charge in [0.25, 0.3) is 5.91 Å². The van der Waals surface area contributed by atoms with Gasteiger partial charge in [-0.25, -0.2) is 9.97 Å². The van der Waals surface area contributed by atoms with Gasteiger partial charge < -0.3 is 15.4 Å². The van der Waals surface area contributed by atoms with Crippen molar-refractivity contribution < 1.29 is 14.3 Å². The Kier molecular flexibility index (Phi) is 6.59. The zero-order valence-corrected chi connectivity index (χ0v) is 15.9. The van der Waals surface area contributed by atoms with Gasteiger partial charge in [-0.2, -0.15) is 0 Å². The van der Waals surface area contributed by atoms with Crippen LogP contribution in [0.2, 0.25) is 0 Å². The fourth-order valence-corrected chi connectivity index (χ4v) is 2.94. The normalized spacial score (nSPS) is 10.2. The molecule has 8 heteroatoms. The summed E-state index contributed by atoms with van der Waals surface area (Å²) in [6, 6.07) is 15.5. The van der Waals surface area contributed by atoms with Gasteiger partial charge in [0.1, 0.15) is 5.75 Å². The van der Waals surface area contributed by atoms with E-state index in [1.54, 1.807) is 74.1 Å². The zero-order chi connectivity index (χ0) is 19.8. The van der Waals surface area contributed by atoms with E-state index in [2.05, 4.69) is 20.6 Å². The number of carbonyl (C=O) groups excluding carboxylic acids is 2. The molecule has 142 valence electrons. The molecule has 1 heterocycles. The van der Waals surface area contributed by atoms with Gasteiger partial charge in [0.2, 0.25) is 5.91 Å². The summed E-state index contributed by atoms with van der Waals surface area (Å²) in [6.45, 7) is 0. The van der Waals surface area contributed by atoms with Crippen LogP contribution in [0.4, 0.5) is 11.4 Å². The third-order valence-electron chi connectivity index (χ3n) is 3.67. The quantitative estimate of drug-likeness (QED) is 0.471. The van der Waals surface area contributed by atoms with Crippen molar-refractivity contribution in [1.29, 1.82) is 0 Å². The number of thioether (sulfide) groups is 1. The second-order valence-corrected chi connectivity index (χ2v) is 6.54. The molecule has 2 amide bonds. The second kappa shape index (κ2) is 9.52. The summed E-state index contributed by atoms with van der Waals surface area (Å²) in [5.41, 5.74) is 1.43. The van der Waals surface area contributed by atoms with E-state index < -0.39 is 0 Å². The number of para-hydroxylation sites is 1. The molecule has 0 aliphatic heterocycles. The van der Waals surface area contributed by atoms with E-state index in [1.165, 1.54) is 11.8 Å². The Morgan fingerprint density at radius 3 is 2.39 bits per heavy atom. The third-order valence-corrected chi connectivity index (χ3v) is 4.54. The first-order valence-corrected chi connectivity index (χ1v) is 9.38. The molecule has 0 radical (unpaired) electrons. The van der Waals surface area contributed by atoms with E-state index in [0.717, 1.165) is 0 Å². The van der Waals surface area contributed by atoms with Gasteiger partial charge in [0.15, 0.2) is 5.16 Å². The van der Waals surface area contributed by atoms with E-state index in [9.17, 15) is 9.59 Å². The monoisotopic (exact) mass is 394 g/mol. The summed E-state index contributed by atoms with van der Waals surface area (Å²) < 4.78 is 5.11. The van der Waals surface area contributed by atoms with Gasteiger partial charge >= 0.3 is 0 Å². The van der Waals surface area contributed by atoms with Crippen LogP contribution in [-0.4, -0.2) is 34.6 Å². The lowest BCUT2D eigenvalue weighted by Gasteiger charge is -2.11. The number of hydrogen-bond acceptors (Lipinski definition) is 6. The number of aromatic nitrogens is 2. The van der Waals surface area contributed by atoms with Crippen molar-refractivity contribution >= 4 is 35.0 Å². The highest BCUT2D eigenvalue weighted by Gasteiger charge is 2.14. The Balaban J connectivity index is 1.64. The third kappa shape index (κ3) is 5.31. The molecular weight excluding hydrogens is 376 g/mol. The standard InChI is InChI=1S/C20H18N4O3S/c1-27-15-9-7-14(8-10-15)23-19(26)16-5-2-3-6-17(16)24-18(25)13-28-20-21-11-4-12-22-20/h2-12H,13H2,1H3,(H,23,26)(H,24,25).